The Morgan fingerprint density at radius 2 is 1.38 bits per heavy atom. The van der Waals surface area contributed by atoms with Crippen LogP contribution < -0.4 is 9.80 Å². The minimum absolute atomic E-state index is 0.0199. The highest BCUT2D eigenvalue weighted by Crippen LogP contribution is 2.51. The molecule has 0 amide bonds. The first-order valence-corrected chi connectivity index (χ1v) is 19.8. The minimum atomic E-state index is -0.723. The van der Waals surface area contributed by atoms with E-state index in [4.69, 9.17) is 24.7 Å². The van der Waals surface area contributed by atoms with Crippen molar-refractivity contribution >= 4 is 23.8 Å². The van der Waals surface area contributed by atoms with Gasteiger partial charge in [0.15, 0.2) is 0 Å². The molecular formula is C43H46N6O4. The normalized spacial score (nSPS) is 28.0. The van der Waals surface area contributed by atoms with E-state index in [0.29, 0.717) is 30.9 Å². The molecular weight excluding hydrogens is 665 g/mol. The van der Waals surface area contributed by atoms with Crippen LogP contribution >= 0.6 is 0 Å². The van der Waals surface area contributed by atoms with Crippen molar-refractivity contribution in [3.8, 4) is 22.5 Å². The molecule has 1 N–H and O–H groups in total. The van der Waals surface area contributed by atoms with E-state index >= 15 is 0 Å². The topological polar surface area (TPSA) is 122 Å². The van der Waals surface area contributed by atoms with Crippen LogP contribution in [0.4, 0.5) is 11.9 Å². The van der Waals surface area contributed by atoms with Crippen molar-refractivity contribution in [2.45, 2.75) is 108 Å². The van der Waals surface area contributed by atoms with Crippen molar-refractivity contribution < 1.29 is 19.4 Å². The molecule has 2 saturated heterocycles. The SMILES string of the molecule is C[C@H]1CCN1c1nc2c(c(-c3cccc([C@H]4C[C@@H]4C(=O)OC4CCc5c(-c6cccc([C@@H]7CC[C@H]7C(=O)O)c6)nc(N6CC[C@@H]6C)nc54)c3)n1)CCC2. The highest BCUT2D eigenvalue weighted by Gasteiger charge is 2.47. The number of hydrogen-bond acceptors (Lipinski definition) is 9. The number of aliphatic carboxylic acids is 1. The molecule has 0 bridgehead atoms. The molecule has 4 heterocycles. The summed E-state index contributed by atoms with van der Waals surface area (Å²) in [6, 6.07) is 17.7. The summed E-state index contributed by atoms with van der Waals surface area (Å²) < 4.78 is 6.35. The third-order valence-electron chi connectivity index (χ3n) is 13.2. The Balaban J connectivity index is 0.898. The summed E-state index contributed by atoms with van der Waals surface area (Å²) >= 11 is 0. The van der Waals surface area contributed by atoms with E-state index in [9.17, 15) is 14.7 Å². The molecule has 10 nitrogen and oxygen atoms in total. The van der Waals surface area contributed by atoms with Crippen LogP contribution in [-0.2, 0) is 33.6 Å². The summed E-state index contributed by atoms with van der Waals surface area (Å²) in [5.41, 5.74) is 10.5. The van der Waals surface area contributed by atoms with Crippen LogP contribution in [0.25, 0.3) is 22.5 Å². The van der Waals surface area contributed by atoms with E-state index in [1.807, 2.05) is 12.1 Å². The predicted octanol–water partition coefficient (Wildman–Crippen LogP) is 7.20. The molecule has 4 aromatic rings. The first-order valence-electron chi connectivity index (χ1n) is 19.8. The number of anilines is 2. The second-order valence-electron chi connectivity index (χ2n) is 16.3. The predicted molar refractivity (Wildman–Crippen MR) is 201 cm³/mol. The second-order valence-corrected chi connectivity index (χ2v) is 16.3. The summed E-state index contributed by atoms with van der Waals surface area (Å²) in [6.07, 6.45) is 8.74. The fourth-order valence-corrected chi connectivity index (χ4v) is 9.39. The summed E-state index contributed by atoms with van der Waals surface area (Å²) in [7, 11) is 0. The highest BCUT2D eigenvalue weighted by atomic mass is 16.5. The fourth-order valence-electron chi connectivity index (χ4n) is 9.39. The van der Waals surface area contributed by atoms with E-state index in [1.54, 1.807) is 0 Å². The molecule has 1 unspecified atom stereocenters. The molecule has 2 aliphatic heterocycles. The molecule has 2 aromatic carbocycles. The lowest BCUT2D eigenvalue weighted by Gasteiger charge is -2.39. The zero-order valence-corrected chi connectivity index (χ0v) is 30.5. The average Bonchev–Trinajstić information content (AvgIpc) is 3.63. The second kappa shape index (κ2) is 12.6. The van der Waals surface area contributed by atoms with Crippen LogP contribution in [0.1, 0.15) is 110 Å². The van der Waals surface area contributed by atoms with Gasteiger partial charge in [-0.2, -0.15) is 0 Å². The quantitative estimate of drug-likeness (QED) is 0.179. The molecule has 53 heavy (non-hydrogen) atoms. The number of aromatic nitrogens is 4. The summed E-state index contributed by atoms with van der Waals surface area (Å²) in [4.78, 5) is 50.5. The Kier molecular flexibility index (Phi) is 7.81. The van der Waals surface area contributed by atoms with Gasteiger partial charge in [0.2, 0.25) is 11.9 Å². The molecule has 272 valence electrons. The van der Waals surface area contributed by atoms with Crippen molar-refractivity contribution in [1.82, 2.24) is 19.9 Å². The van der Waals surface area contributed by atoms with Gasteiger partial charge in [0.25, 0.3) is 0 Å². The smallest absolute Gasteiger partial charge is 0.310 e. The van der Waals surface area contributed by atoms with Crippen molar-refractivity contribution in [3.63, 3.8) is 0 Å². The fraction of sp³-hybridized carbons (Fsp3) is 0.488. The molecule has 0 radical (unpaired) electrons. The maximum atomic E-state index is 13.8. The number of esters is 1. The number of carboxylic acid groups (broad SMARTS) is 1. The molecule has 2 aromatic heterocycles. The molecule has 4 aliphatic carbocycles. The number of carbonyl (C=O) groups excluding carboxylic acids is 1. The van der Waals surface area contributed by atoms with Crippen molar-refractivity contribution in [1.29, 1.82) is 0 Å². The van der Waals surface area contributed by atoms with Gasteiger partial charge in [-0.1, -0.05) is 36.4 Å². The maximum Gasteiger partial charge on any atom is 0.310 e. The van der Waals surface area contributed by atoms with Gasteiger partial charge >= 0.3 is 11.9 Å². The van der Waals surface area contributed by atoms with Gasteiger partial charge < -0.3 is 19.6 Å². The van der Waals surface area contributed by atoms with Crippen LogP contribution in [0.2, 0.25) is 0 Å². The third kappa shape index (κ3) is 5.59. The Labute approximate surface area is 310 Å². The lowest BCUT2D eigenvalue weighted by molar-refractivity contribution is -0.151. The molecule has 6 aliphatic rings. The zero-order chi connectivity index (χ0) is 36.0. The first kappa shape index (κ1) is 32.8. The first-order chi connectivity index (χ1) is 25.8. The number of ether oxygens (including phenoxy) is 1. The Bertz CT molecular complexity index is 2150. The van der Waals surface area contributed by atoms with Crippen LogP contribution in [0.15, 0.2) is 48.5 Å². The number of carboxylic acids is 1. The van der Waals surface area contributed by atoms with Crippen LogP contribution in [-0.4, -0.2) is 62.2 Å². The van der Waals surface area contributed by atoms with Gasteiger partial charge in [-0.3, -0.25) is 9.59 Å². The Hall–Kier alpha value is -4.86. The standard InChI is InChI=1S/C43H46N6O4/c1-23-16-18-48(23)42-44-35-11-5-10-31(35)37(45-42)27-8-4-7-26(21-27)33-22-34(33)41(52)53-36-15-14-32-38(46-43(47-39(32)36)49-19-17-24(49)2)28-9-3-6-25(20-28)29-12-13-30(29)40(50)51/h3-4,6-9,20-21,23-24,29-30,33-34,36H,5,10-19,22H2,1-2H3,(H,50,51)/t23-,24-,29-,30+,33+,34-,36?/m0/s1. The van der Waals surface area contributed by atoms with E-state index in [-0.39, 0.29) is 29.6 Å². The van der Waals surface area contributed by atoms with Gasteiger partial charge in [0, 0.05) is 53.1 Å². The monoisotopic (exact) mass is 710 g/mol. The lowest BCUT2D eigenvalue weighted by Crippen LogP contribution is -2.46. The van der Waals surface area contributed by atoms with Gasteiger partial charge in [0.1, 0.15) is 6.10 Å². The summed E-state index contributed by atoms with van der Waals surface area (Å²) in [5.74, 6) is 0.284. The van der Waals surface area contributed by atoms with E-state index < -0.39 is 12.1 Å². The van der Waals surface area contributed by atoms with Gasteiger partial charge in [0.05, 0.1) is 28.9 Å². The van der Waals surface area contributed by atoms with Crippen LogP contribution in [0.3, 0.4) is 0 Å². The number of carbonyl (C=O) groups is 2. The summed E-state index contributed by atoms with van der Waals surface area (Å²) in [5, 5.41) is 9.72. The lowest BCUT2D eigenvalue weighted by atomic mass is 9.70. The molecule has 10 rings (SSSR count). The highest BCUT2D eigenvalue weighted by molar-refractivity contribution is 5.79. The van der Waals surface area contributed by atoms with Gasteiger partial charge in [-0.15, -0.1) is 0 Å². The van der Waals surface area contributed by atoms with Gasteiger partial charge in [-0.25, -0.2) is 19.9 Å². The Morgan fingerprint density at radius 3 is 1.98 bits per heavy atom. The number of aryl methyl sites for hydroxylation is 1. The maximum absolute atomic E-state index is 13.8. The minimum Gasteiger partial charge on any atom is -0.481 e. The van der Waals surface area contributed by atoms with Gasteiger partial charge in [-0.05, 0) is 113 Å². The van der Waals surface area contributed by atoms with Crippen molar-refractivity contribution in [2.75, 3.05) is 22.9 Å². The molecule has 2 saturated carbocycles. The number of fused-ring (bicyclic) bond motifs is 2. The Morgan fingerprint density at radius 1 is 0.717 bits per heavy atom. The zero-order valence-electron chi connectivity index (χ0n) is 30.5. The third-order valence-corrected chi connectivity index (χ3v) is 13.2. The van der Waals surface area contributed by atoms with Crippen molar-refractivity contribution in [3.05, 3.63) is 82.2 Å². The largest absolute Gasteiger partial charge is 0.481 e. The number of benzene rings is 2. The average molecular weight is 711 g/mol. The van der Waals surface area contributed by atoms with Crippen molar-refractivity contribution in [2.24, 2.45) is 11.8 Å². The summed E-state index contributed by atoms with van der Waals surface area (Å²) in [6.45, 7) is 6.33. The number of rotatable bonds is 9. The van der Waals surface area contributed by atoms with Crippen LogP contribution in [0, 0.1) is 11.8 Å². The van der Waals surface area contributed by atoms with E-state index in [1.165, 1.54) is 17.7 Å². The number of hydrogen-bond donors (Lipinski definition) is 1. The van der Waals surface area contributed by atoms with E-state index in [2.05, 4.69) is 60.0 Å². The number of nitrogens with zero attached hydrogens (tertiary/aromatic N) is 6. The van der Waals surface area contributed by atoms with E-state index in [0.717, 1.165) is 109 Å². The molecule has 0 spiro atoms. The molecule has 4 fully saturated rings. The van der Waals surface area contributed by atoms with Crippen LogP contribution in [0.5, 0.6) is 0 Å². The molecule has 10 heteroatoms. The molecule has 7 atom stereocenters.